The zero-order valence-electron chi connectivity index (χ0n) is 13.6. The van der Waals surface area contributed by atoms with Gasteiger partial charge in [0.1, 0.15) is 11.2 Å². The minimum Gasteiger partial charge on any atom is -0.273 e. The molecule has 3 aromatic rings. The van der Waals surface area contributed by atoms with Gasteiger partial charge in [-0.1, -0.05) is 25.1 Å². The van der Waals surface area contributed by atoms with E-state index < -0.39 is 23.2 Å². The van der Waals surface area contributed by atoms with Crippen molar-refractivity contribution in [3.8, 4) is 0 Å². The van der Waals surface area contributed by atoms with Crippen LogP contribution in [0.15, 0.2) is 41.5 Å². The largest absolute Gasteiger partial charge is 0.416 e. The van der Waals surface area contributed by atoms with Crippen molar-refractivity contribution in [3.05, 3.63) is 63.0 Å². The zero-order chi connectivity index (χ0) is 18.9. The summed E-state index contributed by atoms with van der Waals surface area (Å²) in [6.45, 7) is 1.96. The van der Waals surface area contributed by atoms with E-state index in [0.717, 1.165) is 28.1 Å². The number of carbonyl (C=O) groups is 1. The summed E-state index contributed by atoms with van der Waals surface area (Å²) >= 11 is 1.40. The van der Waals surface area contributed by atoms with Crippen molar-refractivity contribution in [2.24, 2.45) is 0 Å². The summed E-state index contributed by atoms with van der Waals surface area (Å²) < 4.78 is 39.1. The summed E-state index contributed by atoms with van der Waals surface area (Å²) in [5, 5.41) is 0.397. The number of aryl methyl sites for hydroxylation is 1. The highest BCUT2D eigenvalue weighted by atomic mass is 32.1. The average molecular weight is 381 g/mol. The monoisotopic (exact) mass is 381 g/mol. The van der Waals surface area contributed by atoms with Crippen LogP contribution in [0, 0.1) is 0 Å². The van der Waals surface area contributed by atoms with Crippen molar-refractivity contribution in [3.63, 3.8) is 0 Å². The quantitative estimate of drug-likeness (QED) is 0.754. The van der Waals surface area contributed by atoms with Gasteiger partial charge in [0.15, 0.2) is 0 Å². The number of nitrogens with zero attached hydrogens (tertiary/aromatic N) is 2. The van der Waals surface area contributed by atoms with Crippen LogP contribution >= 0.6 is 11.3 Å². The molecular weight excluding hydrogens is 367 g/mol. The Hall–Kier alpha value is -2.68. The van der Waals surface area contributed by atoms with Crippen molar-refractivity contribution in [1.29, 1.82) is 0 Å². The first-order chi connectivity index (χ1) is 12.3. The molecule has 0 unspecified atom stereocenters. The molecule has 0 atom stereocenters. The molecule has 5 nitrogen and oxygen atoms in total. The van der Waals surface area contributed by atoms with E-state index in [1.807, 2.05) is 6.92 Å². The average Bonchev–Trinajstić information content (AvgIpc) is 3.01. The third kappa shape index (κ3) is 3.77. The Bertz CT molecular complexity index is 1020. The van der Waals surface area contributed by atoms with Crippen LogP contribution in [0.3, 0.4) is 0 Å². The van der Waals surface area contributed by atoms with E-state index in [9.17, 15) is 22.8 Å². The molecule has 0 aliphatic carbocycles. The van der Waals surface area contributed by atoms with E-state index in [1.165, 1.54) is 29.8 Å². The maximum absolute atomic E-state index is 12.7. The van der Waals surface area contributed by atoms with Crippen LogP contribution in [0.4, 0.5) is 13.2 Å². The second kappa shape index (κ2) is 6.91. The summed E-state index contributed by atoms with van der Waals surface area (Å²) in [6.07, 6.45) is -2.81. The number of hydrogen-bond acceptors (Lipinski definition) is 4. The van der Waals surface area contributed by atoms with Crippen molar-refractivity contribution < 1.29 is 18.0 Å². The van der Waals surface area contributed by atoms with Crippen LogP contribution in [0.5, 0.6) is 0 Å². The number of hydrogen-bond donors (Lipinski definition) is 1. The molecule has 9 heteroatoms. The molecule has 136 valence electrons. The topological polar surface area (TPSA) is 64.0 Å². The molecule has 0 saturated heterocycles. The number of aromatic nitrogens is 2. The molecule has 2 heterocycles. The van der Waals surface area contributed by atoms with Crippen LogP contribution in [0.2, 0.25) is 0 Å². The lowest BCUT2D eigenvalue weighted by molar-refractivity contribution is -0.137. The molecular formula is C17H14F3N3O2S. The minimum absolute atomic E-state index is 0.197. The first-order valence-corrected chi connectivity index (χ1v) is 8.55. The molecule has 1 aromatic carbocycles. The predicted octanol–water partition coefficient (Wildman–Crippen LogP) is 3.35. The molecule has 0 saturated carbocycles. The van der Waals surface area contributed by atoms with Gasteiger partial charge in [-0.15, -0.1) is 11.3 Å². The van der Waals surface area contributed by atoms with Crippen LogP contribution in [-0.2, 0) is 23.8 Å². The van der Waals surface area contributed by atoms with E-state index in [0.29, 0.717) is 10.2 Å². The summed E-state index contributed by atoms with van der Waals surface area (Å²) in [4.78, 5) is 30.2. The maximum Gasteiger partial charge on any atom is 0.416 e. The van der Waals surface area contributed by atoms with Crippen LogP contribution in [0.1, 0.15) is 22.9 Å². The summed E-state index contributed by atoms with van der Waals surface area (Å²) in [5.41, 5.74) is 1.31. The highest BCUT2D eigenvalue weighted by Crippen LogP contribution is 2.29. The molecule has 26 heavy (non-hydrogen) atoms. The van der Waals surface area contributed by atoms with Crippen molar-refractivity contribution in [2.45, 2.75) is 25.9 Å². The molecule has 1 amide bonds. The Morgan fingerprint density at radius 3 is 2.77 bits per heavy atom. The normalized spacial score (nSPS) is 11.7. The molecule has 0 bridgehead atoms. The maximum atomic E-state index is 12.7. The van der Waals surface area contributed by atoms with Gasteiger partial charge in [-0.3, -0.25) is 15.0 Å². The van der Waals surface area contributed by atoms with E-state index in [4.69, 9.17) is 0 Å². The number of alkyl halides is 3. The van der Waals surface area contributed by atoms with Gasteiger partial charge in [-0.25, -0.2) is 9.66 Å². The highest BCUT2D eigenvalue weighted by Gasteiger charge is 2.30. The number of carbonyl (C=O) groups excluding carboxylic acids is 1. The third-order valence-electron chi connectivity index (χ3n) is 3.72. The van der Waals surface area contributed by atoms with Gasteiger partial charge in [0, 0.05) is 4.88 Å². The van der Waals surface area contributed by atoms with Gasteiger partial charge in [-0.2, -0.15) is 13.2 Å². The van der Waals surface area contributed by atoms with Crippen LogP contribution in [0.25, 0.3) is 10.2 Å². The summed E-state index contributed by atoms with van der Waals surface area (Å²) in [5.74, 6) is -0.612. The number of amides is 1. The highest BCUT2D eigenvalue weighted by molar-refractivity contribution is 7.18. The second-order valence-corrected chi connectivity index (χ2v) is 6.73. The summed E-state index contributed by atoms with van der Waals surface area (Å²) in [6, 6.07) is 6.24. The Kier molecular flexibility index (Phi) is 4.82. The van der Waals surface area contributed by atoms with E-state index >= 15 is 0 Å². The molecule has 0 radical (unpaired) electrons. The minimum atomic E-state index is -4.48. The van der Waals surface area contributed by atoms with Gasteiger partial charge in [0.2, 0.25) is 5.91 Å². The molecule has 0 fully saturated rings. The fraction of sp³-hybridized carbons (Fsp3) is 0.235. The number of rotatable bonds is 4. The van der Waals surface area contributed by atoms with Crippen LogP contribution in [-0.4, -0.2) is 15.6 Å². The van der Waals surface area contributed by atoms with Gasteiger partial charge < -0.3 is 0 Å². The summed E-state index contributed by atoms with van der Waals surface area (Å²) in [7, 11) is 0. The predicted molar refractivity (Wildman–Crippen MR) is 92.8 cm³/mol. The molecule has 0 spiro atoms. The third-order valence-corrected chi connectivity index (χ3v) is 4.90. The SMILES string of the molecule is CCc1cc2c(=O)n(NC(=O)Cc3cccc(C(F)(F)F)c3)cnc2s1. The van der Waals surface area contributed by atoms with Crippen molar-refractivity contribution >= 4 is 27.5 Å². The Balaban J connectivity index is 1.79. The van der Waals surface area contributed by atoms with Crippen molar-refractivity contribution in [1.82, 2.24) is 9.66 Å². The van der Waals surface area contributed by atoms with E-state index in [-0.39, 0.29) is 12.0 Å². The standard InChI is InChI=1S/C17H14F3N3O2S/c1-2-12-8-13-15(26-12)21-9-23(16(13)25)22-14(24)7-10-4-3-5-11(6-10)17(18,19)20/h3-6,8-9H,2,7H2,1H3,(H,22,24). The zero-order valence-corrected chi connectivity index (χ0v) is 14.4. The number of benzene rings is 1. The van der Waals surface area contributed by atoms with Gasteiger partial charge in [0.05, 0.1) is 17.4 Å². The lowest BCUT2D eigenvalue weighted by Gasteiger charge is -2.10. The second-order valence-electron chi connectivity index (χ2n) is 5.61. The number of nitrogens with one attached hydrogen (secondary N) is 1. The number of thiophene rings is 1. The fourth-order valence-electron chi connectivity index (χ4n) is 2.44. The molecule has 0 aliphatic rings. The number of fused-ring (bicyclic) bond motifs is 1. The molecule has 0 aliphatic heterocycles. The van der Waals surface area contributed by atoms with Gasteiger partial charge in [0.25, 0.3) is 5.56 Å². The van der Waals surface area contributed by atoms with E-state index in [1.54, 1.807) is 6.07 Å². The smallest absolute Gasteiger partial charge is 0.273 e. The molecule has 3 rings (SSSR count). The Labute approximate surface area is 150 Å². The lowest BCUT2D eigenvalue weighted by Crippen LogP contribution is -2.33. The fourth-order valence-corrected chi connectivity index (χ4v) is 3.37. The van der Waals surface area contributed by atoms with Gasteiger partial charge >= 0.3 is 6.18 Å². The first kappa shape index (κ1) is 18.1. The van der Waals surface area contributed by atoms with Crippen LogP contribution < -0.4 is 11.0 Å². The van der Waals surface area contributed by atoms with Gasteiger partial charge in [-0.05, 0) is 24.1 Å². The molecule has 1 N–H and O–H groups in total. The number of halogens is 3. The van der Waals surface area contributed by atoms with E-state index in [2.05, 4.69) is 10.4 Å². The van der Waals surface area contributed by atoms with Crippen molar-refractivity contribution in [2.75, 3.05) is 5.43 Å². The lowest BCUT2D eigenvalue weighted by atomic mass is 10.1. The molecule has 2 aromatic heterocycles. The Morgan fingerprint density at radius 1 is 1.31 bits per heavy atom. The Morgan fingerprint density at radius 2 is 2.08 bits per heavy atom. The first-order valence-electron chi connectivity index (χ1n) is 7.74.